The lowest BCUT2D eigenvalue weighted by molar-refractivity contribution is 0.248. The number of rotatable bonds is 5. The first kappa shape index (κ1) is 13.9. The van der Waals surface area contributed by atoms with Crippen LogP contribution in [0.4, 0.5) is 0 Å². The summed E-state index contributed by atoms with van der Waals surface area (Å²) in [6.07, 6.45) is 3.78. The molecule has 1 fully saturated rings. The summed E-state index contributed by atoms with van der Waals surface area (Å²) in [5.74, 6) is 2.60. The van der Waals surface area contributed by atoms with Crippen molar-refractivity contribution in [2.24, 2.45) is 11.3 Å². The molecule has 0 bridgehead atoms. The van der Waals surface area contributed by atoms with E-state index in [2.05, 4.69) is 50.4 Å². The van der Waals surface area contributed by atoms with Crippen LogP contribution in [0.15, 0.2) is 24.3 Å². The van der Waals surface area contributed by atoms with Crippen LogP contribution in [0.5, 0.6) is 5.75 Å². The molecule has 3 unspecified atom stereocenters. The number of fused-ring (bicyclic) bond motifs is 1. The van der Waals surface area contributed by atoms with Crippen molar-refractivity contribution in [3.8, 4) is 5.75 Å². The standard InChI is InChI=1S/C18H27NO/c1-4-19-16(15-12-18(15,2)3)11-13-9-10-20-17-8-6-5-7-14(13)17/h5-8,13,15-16,19H,4,9-12H2,1-3H3. The Kier molecular flexibility index (Phi) is 3.76. The molecule has 1 aromatic rings. The van der Waals surface area contributed by atoms with Gasteiger partial charge in [-0.3, -0.25) is 0 Å². The van der Waals surface area contributed by atoms with E-state index in [1.165, 1.54) is 18.4 Å². The minimum absolute atomic E-state index is 0.539. The first-order chi connectivity index (χ1) is 9.62. The number of ether oxygens (including phenoxy) is 1. The first-order valence-corrected chi connectivity index (χ1v) is 8.07. The van der Waals surface area contributed by atoms with Gasteiger partial charge in [-0.25, -0.2) is 0 Å². The number of hydrogen-bond acceptors (Lipinski definition) is 2. The molecular weight excluding hydrogens is 246 g/mol. The van der Waals surface area contributed by atoms with Crippen molar-refractivity contribution in [2.75, 3.05) is 13.2 Å². The lowest BCUT2D eigenvalue weighted by Gasteiger charge is -2.30. The van der Waals surface area contributed by atoms with Crippen LogP contribution in [0.3, 0.4) is 0 Å². The molecule has 2 aliphatic rings. The van der Waals surface area contributed by atoms with Crippen LogP contribution < -0.4 is 10.1 Å². The quantitative estimate of drug-likeness (QED) is 0.876. The first-order valence-electron chi connectivity index (χ1n) is 8.07. The third kappa shape index (κ3) is 2.71. The molecule has 20 heavy (non-hydrogen) atoms. The molecule has 1 saturated carbocycles. The summed E-state index contributed by atoms with van der Waals surface area (Å²) in [5.41, 5.74) is 1.96. The minimum Gasteiger partial charge on any atom is -0.493 e. The molecule has 0 spiro atoms. The van der Waals surface area contributed by atoms with Crippen molar-refractivity contribution < 1.29 is 4.74 Å². The third-order valence-corrected chi connectivity index (χ3v) is 5.16. The molecule has 1 N–H and O–H groups in total. The Morgan fingerprint density at radius 1 is 1.35 bits per heavy atom. The third-order valence-electron chi connectivity index (χ3n) is 5.16. The molecule has 0 amide bonds. The molecule has 2 nitrogen and oxygen atoms in total. The summed E-state index contributed by atoms with van der Waals surface area (Å²) in [7, 11) is 0. The van der Waals surface area contributed by atoms with Gasteiger partial charge in [0.05, 0.1) is 6.61 Å². The molecule has 3 rings (SSSR count). The van der Waals surface area contributed by atoms with Crippen LogP contribution in [0.1, 0.15) is 51.5 Å². The lowest BCUT2D eigenvalue weighted by Crippen LogP contribution is -2.34. The van der Waals surface area contributed by atoms with Crippen LogP contribution >= 0.6 is 0 Å². The topological polar surface area (TPSA) is 21.3 Å². The predicted octanol–water partition coefficient (Wildman–Crippen LogP) is 3.97. The maximum absolute atomic E-state index is 5.79. The van der Waals surface area contributed by atoms with Crippen molar-refractivity contribution in [1.29, 1.82) is 0 Å². The zero-order valence-electron chi connectivity index (χ0n) is 13.0. The second-order valence-corrected chi connectivity index (χ2v) is 7.07. The van der Waals surface area contributed by atoms with Crippen molar-refractivity contribution in [1.82, 2.24) is 5.32 Å². The molecule has 1 aliphatic carbocycles. The second-order valence-electron chi connectivity index (χ2n) is 7.07. The van der Waals surface area contributed by atoms with Gasteiger partial charge in [0.2, 0.25) is 0 Å². The van der Waals surface area contributed by atoms with E-state index in [9.17, 15) is 0 Å². The van der Waals surface area contributed by atoms with Crippen LogP contribution in [0.25, 0.3) is 0 Å². The predicted molar refractivity (Wildman–Crippen MR) is 83.3 cm³/mol. The van der Waals surface area contributed by atoms with E-state index in [0.717, 1.165) is 31.2 Å². The lowest BCUT2D eigenvalue weighted by atomic mass is 9.85. The van der Waals surface area contributed by atoms with Crippen molar-refractivity contribution >= 4 is 0 Å². The van der Waals surface area contributed by atoms with E-state index in [0.29, 0.717) is 17.4 Å². The fraction of sp³-hybridized carbons (Fsp3) is 0.667. The summed E-state index contributed by atoms with van der Waals surface area (Å²) >= 11 is 0. The van der Waals surface area contributed by atoms with Gasteiger partial charge in [0.15, 0.2) is 0 Å². The van der Waals surface area contributed by atoms with Crippen LogP contribution in [-0.2, 0) is 0 Å². The van der Waals surface area contributed by atoms with Gasteiger partial charge >= 0.3 is 0 Å². The Bertz CT molecular complexity index is 468. The van der Waals surface area contributed by atoms with Gasteiger partial charge in [0.1, 0.15) is 5.75 Å². The molecule has 0 saturated heterocycles. The zero-order chi connectivity index (χ0) is 14.2. The molecule has 0 aromatic heterocycles. The average molecular weight is 273 g/mol. The Balaban J connectivity index is 1.73. The Hall–Kier alpha value is -1.02. The molecule has 1 aliphatic heterocycles. The smallest absolute Gasteiger partial charge is 0.122 e. The van der Waals surface area contributed by atoms with Gasteiger partial charge in [0.25, 0.3) is 0 Å². The summed E-state index contributed by atoms with van der Waals surface area (Å²) in [4.78, 5) is 0. The summed E-state index contributed by atoms with van der Waals surface area (Å²) in [6, 6.07) is 9.24. The largest absolute Gasteiger partial charge is 0.493 e. The highest BCUT2D eigenvalue weighted by Crippen LogP contribution is 2.55. The number of benzene rings is 1. The van der Waals surface area contributed by atoms with Crippen molar-refractivity contribution in [3.05, 3.63) is 29.8 Å². The highest BCUT2D eigenvalue weighted by atomic mass is 16.5. The van der Waals surface area contributed by atoms with Gasteiger partial charge in [0, 0.05) is 6.04 Å². The van der Waals surface area contributed by atoms with Crippen molar-refractivity contribution in [3.63, 3.8) is 0 Å². The number of para-hydroxylation sites is 1. The normalized spacial score (nSPS) is 28.4. The van der Waals surface area contributed by atoms with Crippen LogP contribution in [0.2, 0.25) is 0 Å². The van der Waals surface area contributed by atoms with Gasteiger partial charge in [-0.05, 0) is 54.7 Å². The molecule has 1 aromatic carbocycles. The van der Waals surface area contributed by atoms with E-state index < -0.39 is 0 Å². The monoisotopic (exact) mass is 273 g/mol. The number of nitrogens with one attached hydrogen (secondary N) is 1. The SMILES string of the molecule is CCNC(CC1CCOc2ccccc21)C1CC1(C)C. The van der Waals surface area contributed by atoms with Crippen LogP contribution in [0, 0.1) is 11.3 Å². The molecular formula is C18H27NO. The molecule has 2 heteroatoms. The molecule has 1 heterocycles. The second kappa shape index (κ2) is 5.40. The summed E-state index contributed by atoms with van der Waals surface area (Å²) < 4.78 is 5.79. The van der Waals surface area contributed by atoms with E-state index in [1.807, 2.05) is 0 Å². The zero-order valence-corrected chi connectivity index (χ0v) is 13.0. The highest BCUT2D eigenvalue weighted by molar-refractivity contribution is 5.37. The van der Waals surface area contributed by atoms with E-state index >= 15 is 0 Å². The van der Waals surface area contributed by atoms with E-state index in [1.54, 1.807) is 0 Å². The van der Waals surface area contributed by atoms with Gasteiger partial charge in [-0.15, -0.1) is 0 Å². The average Bonchev–Trinajstić information content (AvgIpc) is 3.07. The van der Waals surface area contributed by atoms with E-state index in [-0.39, 0.29) is 0 Å². The Morgan fingerprint density at radius 3 is 2.80 bits per heavy atom. The summed E-state index contributed by atoms with van der Waals surface area (Å²) in [5, 5.41) is 3.74. The van der Waals surface area contributed by atoms with Gasteiger partial charge in [-0.1, -0.05) is 39.0 Å². The van der Waals surface area contributed by atoms with Gasteiger partial charge in [-0.2, -0.15) is 0 Å². The number of hydrogen-bond donors (Lipinski definition) is 1. The van der Waals surface area contributed by atoms with Gasteiger partial charge < -0.3 is 10.1 Å². The van der Waals surface area contributed by atoms with Crippen molar-refractivity contribution in [2.45, 2.75) is 52.0 Å². The maximum atomic E-state index is 5.79. The molecule has 3 atom stereocenters. The molecule has 0 radical (unpaired) electrons. The fourth-order valence-corrected chi connectivity index (χ4v) is 3.81. The Labute approximate surface area is 122 Å². The van der Waals surface area contributed by atoms with E-state index in [4.69, 9.17) is 4.74 Å². The fourth-order valence-electron chi connectivity index (χ4n) is 3.81. The maximum Gasteiger partial charge on any atom is 0.122 e. The Morgan fingerprint density at radius 2 is 2.10 bits per heavy atom. The highest BCUT2D eigenvalue weighted by Gasteiger charge is 2.50. The summed E-state index contributed by atoms with van der Waals surface area (Å²) in [6.45, 7) is 8.97. The molecule has 110 valence electrons. The minimum atomic E-state index is 0.539. The van der Waals surface area contributed by atoms with Crippen LogP contribution in [-0.4, -0.2) is 19.2 Å².